The molecule has 4 heteroatoms. The molecule has 0 fully saturated rings. The molecule has 1 N–H and O–H groups in total. The van der Waals surface area contributed by atoms with Gasteiger partial charge in [-0.1, -0.05) is 34.1 Å². The van der Waals surface area contributed by atoms with E-state index in [4.69, 9.17) is 0 Å². The average molecular weight is 317 g/mol. The molecule has 0 bridgehead atoms. The number of nitrogens with zero attached hydrogens (tertiary/aromatic N) is 2. The number of halogens is 1. The van der Waals surface area contributed by atoms with Crippen molar-refractivity contribution in [2.75, 3.05) is 0 Å². The smallest absolute Gasteiger partial charge is 0.107 e. The van der Waals surface area contributed by atoms with Crippen molar-refractivity contribution >= 4 is 26.7 Å². The monoisotopic (exact) mass is 316 g/mol. The van der Waals surface area contributed by atoms with Gasteiger partial charge in [-0.2, -0.15) is 5.10 Å². The van der Waals surface area contributed by atoms with Gasteiger partial charge in [0.05, 0.1) is 6.20 Å². The molecule has 0 saturated carbocycles. The number of hydrogen-bond donors (Lipinski definition) is 1. The summed E-state index contributed by atoms with van der Waals surface area (Å²) in [6.07, 6.45) is 2.88. The first-order valence-corrected chi connectivity index (χ1v) is 6.78. The molecule has 96 valence electrons. The first kappa shape index (κ1) is 12.4. The van der Waals surface area contributed by atoms with Crippen LogP contribution in [-0.4, -0.2) is 14.9 Å². The number of aromatic nitrogens is 2. The van der Waals surface area contributed by atoms with Crippen LogP contribution in [0.5, 0.6) is 0 Å². The highest BCUT2D eigenvalue weighted by Crippen LogP contribution is 2.26. The quantitative estimate of drug-likeness (QED) is 0.786. The first-order chi connectivity index (χ1) is 9.13. The van der Waals surface area contributed by atoms with Gasteiger partial charge < -0.3 is 5.11 Å². The number of hydrogen-bond acceptors (Lipinski definition) is 2. The molecule has 1 atom stereocenters. The average Bonchev–Trinajstić information content (AvgIpc) is 2.84. The van der Waals surface area contributed by atoms with Crippen LogP contribution in [-0.2, 0) is 7.05 Å². The predicted molar refractivity (Wildman–Crippen MR) is 78.9 cm³/mol. The highest BCUT2D eigenvalue weighted by molar-refractivity contribution is 9.10. The Hall–Kier alpha value is -1.65. The normalized spacial score (nSPS) is 12.8. The minimum atomic E-state index is -0.637. The topological polar surface area (TPSA) is 38.0 Å². The summed E-state index contributed by atoms with van der Waals surface area (Å²) >= 11 is 3.46. The molecular weight excluding hydrogens is 304 g/mol. The minimum Gasteiger partial charge on any atom is -0.384 e. The van der Waals surface area contributed by atoms with Gasteiger partial charge in [-0.3, -0.25) is 4.68 Å². The lowest BCUT2D eigenvalue weighted by Crippen LogP contribution is -1.98. The van der Waals surface area contributed by atoms with Gasteiger partial charge in [0.1, 0.15) is 6.10 Å². The van der Waals surface area contributed by atoms with Gasteiger partial charge in [0.25, 0.3) is 0 Å². The largest absolute Gasteiger partial charge is 0.384 e. The lowest BCUT2D eigenvalue weighted by Gasteiger charge is -2.10. The lowest BCUT2D eigenvalue weighted by atomic mass is 10.0. The molecule has 1 aromatic heterocycles. The van der Waals surface area contributed by atoms with E-state index in [0.717, 1.165) is 26.4 Å². The Morgan fingerprint density at radius 1 is 1.11 bits per heavy atom. The van der Waals surface area contributed by atoms with Crippen LogP contribution in [0.1, 0.15) is 17.2 Å². The summed E-state index contributed by atoms with van der Waals surface area (Å²) < 4.78 is 2.75. The van der Waals surface area contributed by atoms with E-state index in [-0.39, 0.29) is 0 Å². The Labute approximate surface area is 119 Å². The first-order valence-electron chi connectivity index (χ1n) is 5.99. The van der Waals surface area contributed by atoms with Crippen LogP contribution in [0.3, 0.4) is 0 Å². The molecule has 0 saturated heterocycles. The van der Waals surface area contributed by atoms with Gasteiger partial charge in [-0.05, 0) is 34.5 Å². The summed E-state index contributed by atoms with van der Waals surface area (Å²) in [5.74, 6) is 0. The molecule has 0 aliphatic heterocycles. The summed E-state index contributed by atoms with van der Waals surface area (Å²) in [7, 11) is 1.84. The Bertz CT molecular complexity index is 736. The third-order valence-electron chi connectivity index (χ3n) is 3.18. The molecule has 0 amide bonds. The Morgan fingerprint density at radius 3 is 2.58 bits per heavy atom. The van der Waals surface area contributed by atoms with Crippen LogP contribution >= 0.6 is 15.9 Å². The van der Waals surface area contributed by atoms with Crippen molar-refractivity contribution in [3.05, 3.63) is 64.4 Å². The molecule has 2 aromatic carbocycles. The molecule has 1 heterocycles. The van der Waals surface area contributed by atoms with E-state index >= 15 is 0 Å². The number of fused-ring (bicyclic) bond motifs is 1. The summed E-state index contributed by atoms with van der Waals surface area (Å²) in [5.41, 5.74) is 1.68. The SMILES string of the molecule is Cn1cc(C(O)c2ccc3cc(Br)ccc3c2)cn1. The second-order valence-corrected chi connectivity index (χ2v) is 5.52. The zero-order valence-corrected chi connectivity index (χ0v) is 12.0. The Morgan fingerprint density at radius 2 is 1.84 bits per heavy atom. The van der Waals surface area contributed by atoms with E-state index < -0.39 is 6.10 Å². The molecule has 0 radical (unpaired) electrons. The number of benzene rings is 2. The van der Waals surface area contributed by atoms with Crippen molar-refractivity contribution in [2.45, 2.75) is 6.10 Å². The molecule has 0 aliphatic rings. The van der Waals surface area contributed by atoms with E-state index in [1.807, 2.05) is 43.6 Å². The summed E-state index contributed by atoms with van der Waals surface area (Å²) in [5, 5.41) is 16.7. The molecule has 19 heavy (non-hydrogen) atoms. The standard InChI is InChI=1S/C15H13BrN2O/c1-18-9-13(8-17-18)15(19)12-3-2-11-7-14(16)5-4-10(11)6-12/h2-9,15,19H,1H3. The summed E-state index contributed by atoms with van der Waals surface area (Å²) in [6.45, 7) is 0. The molecule has 0 spiro atoms. The predicted octanol–water partition coefficient (Wildman–Crippen LogP) is 3.42. The van der Waals surface area contributed by atoms with Crippen molar-refractivity contribution in [2.24, 2.45) is 7.05 Å². The molecule has 0 aliphatic carbocycles. The third kappa shape index (κ3) is 2.41. The van der Waals surface area contributed by atoms with Crippen LogP contribution in [0.4, 0.5) is 0 Å². The van der Waals surface area contributed by atoms with Crippen molar-refractivity contribution in [3.8, 4) is 0 Å². The molecule has 1 unspecified atom stereocenters. The minimum absolute atomic E-state index is 0.637. The van der Waals surface area contributed by atoms with Crippen LogP contribution < -0.4 is 0 Å². The highest BCUT2D eigenvalue weighted by Gasteiger charge is 2.12. The van der Waals surface area contributed by atoms with Crippen molar-refractivity contribution < 1.29 is 5.11 Å². The Kier molecular flexibility index (Phi) is 3.12. The maximum Gasteiger partial charge on any atom is 0.107 e. The van der Waals surface area contributed by atoms with E-state index in [2.05, 4.69) is 27.1 Å². The summed E-state index contributed by atoms with van der Waals surface area (Å²) in [4.78, 5) is 0. The fourth-order valence-corrected chi connectivity index (χ4v) is 2.56. The number of aryl methyl sites for hydroxylation is 1. The van der Waals surface area contributed by atoms with Crippen molar-refractivity contribution in [1.82, 2.24) is 9.78 Å². The van der Waals surface area contributed by atoms with Crippen LogP contribution in [0, 0.1) is 0 Å². The van der Waals surface area contributed by atoms with Crippen LogP contribution in [0.2, 0.25) is 0 Å². The third-order valence-corrected chi connectivity index (χ3v) is 3.68. The summed E-state index contributed by atoms with van der Waals surface area (Å²) in [6, 6.07) is 12.1. The lowest BCUT2D eigenvalue weighted by molar-refractivity contribution is 0.220. The van der Waals surface area contributed by atoms with Gasteiger partial charge in [-0.15, -0.1) is 0 Å². The van der Waals surface area contributed by atoms with E-state index in [9.17, 15) is 5.11 Å². The van der Waals surface area contributed by atoms with Crippen LogP contribution in [0.25, 0.3) is 10.8 Å². The maximum atomic E-state index is 10.4. The fraction of sp³-hybridized carbons (Fsp3) is 0.133. The zero-order valence-electron chi connectivity index (χ0n) is 10.4. The van der Waals surface area contributed by atoms with E-state index in [1.54, 1.807) is 10.9 Å². The molecule has 3 aromatic rings. The Balaban J connectivity index is 2.03. The van der Waals surface area contributed by atoms with Gasteiger partial charge in [0.15, 0.2) is 0 Å². The zero-order chi connectivity index (χ0) is 13.4. The van der Waals surface area contributed by atoms with Gasteiger partial charge in [0.2, 0.25) is 0 Å². The van der Waals surface area contributed by atoms with E-state index in [0.29, 0.717) is 0 Å². The molecular formula is C15H13BrN2O. The highest BCUT2D eigenvalue weighted by atomic mass is 79.9. The number of aliphatic hydroxyl groups excluding tert-OH is 1. The van der Waals surface area contributed by atoms with Gasteiger partial charge >= 0.3 is 0 Å². The van der Waals surface area contributed by atoms with Gasteiger partial charge in [-0.25, -0.2) is 0 Å². The second kappa shape index (κ2) is 4.79. The van der Waals surface area contributed by atoms with Crippen LogP contribution in [0.15, 0.2) is 53.3 Å². The van der Waals surface area contributed by atoms with E-state index in [1.165, 1.54) is 0 Å². The number of rotatable bonds is 2. The molecule has 3 rings (SSSR count). The maximum absolute atomic E-state index is 10.4. The van der Waals surface area contributed by atoms with Gasteiger partial charge in [0, 0.05) is 23.3 Å². The fourth-order valence-electron chi connectivity index (χ4n) is 2.18. The number of aliphatic hydroxyl groups is 1. The van der Waals surface area contributed by atoms with Crippen molar-refractivity contribution in [3.63, 3.8) is 0 Å². The molecule has 3 nitrogen and oxygen atoms in total. The van der Waals surface area contributed by atoms with Crippen molar-refractivity contribution in [1.29, 1.82) is 0 Å². The second-order valence-electron chi connectivity index (χ2n) is 4.60.